The summed E-state index contributed by atoms with van der Waals surface area (Å²) in [6.45, 7) is 0. The molecule has 1 rings (SSSR count). The van der Waals surface area contributed by atoms with Gasteiger partial charge in [0.2, 0.25) is 11.8 Å². The minimum Gasteiger partial charge on any atom is -0.325 e. The molecule has 0 aliphatic rings. The van der Waals surface area contributed by atoms with E-state index in [0.29, 0.717) is 0 Å². The highest BCUT2D eigenvalue weighted by atomic mass is 35.5. The Morgan fingerprint density at radius 2 is 1.35 bits per heavy atom. The summed E-state index contributed by atoms with van der Waals surface area (Å²) in [4.78, 5) is 22.2. The molecule has 0 aliphatic heterocycles. The Balaban J connectivity index is 3.14. The first-order valence-electron chi connectivity index (χ1n) is 5.20. The van der Waals surface area contributed by atoms with Gasteiger partial charge in [0.25, 0.3) is 0 Å². The highest BCUT2D eigenvalue weighted by Crippen LogP contribution is 2.33. The van der Waals surface area contributed by atoms with Crippen LogP contribution in [-0.2, 0) is 15.8 Å². The van der Waals surface area contributed by atoms with Crippen LogP contribution >= 0.6 is 23.2 Å². The summed E-state index contributed by atoms with van der Waals surface area (Å²) in [6, 6.07) is 2.64. The van der Waals surface area contributed by atoms with Crippen molar-refractivity contribution in [2.75, 3.05) is 22.4 Å². The van der Waals surface area contributed by atoms with Gasteiger partial charge in [-0.2, -0.15) is 13.2 Å². The van der Waals surface area contributed by atoms with Crippen molar-refractivity contribution in [1.29, 1.82) is 0 Å². The normalized spacial score (nSPS) is 11.1. The number of hydrogen-bond acceptors (Lipinski definition) is 2. The van der Waals surface area contributed by atoms with Crippen molar-refractivity contribution in [3.8, 4) is 0 Å². The summed E-state index contributed by atoms with van der Waals surface area (Å²) in [6.07, 6.45) is -4.62. The summed E-state index contributed by atoms with van der Waals surface area (Å²) >= 11 is 10.5. The number of nitrogens with one attached hydrogen (secondary N) is 2. The van der Waals surface area contributed by atoms with E-state index in [1.165, 1.54) is 6.07 Å². The number of rotatable bonds is 4. The zero-order valence-electron chi connectivity index (χ0n) is 9.85. The Hall–Kier alpha value is -1.47. The van der Waals surface area contributed by atoms with E-state index in [0.717, 1.165) is 12.1 Å². The van der Waals surface area contributed by atoms with Crippen LogP contribution in [0, 0.1) is 0 Å². The second kappa shape index (κ2) is 6.81. The lowest BCUT2D eigenvalue weighted by atomic mass is 10.1. The first kappa shape index (κ1) is 16.6. The Morgan fingerprint density at radius 1 is 0.950 bits per heavy atom. The fraction of sp³-hybridized carbons (Fsp3) is 0.273. The summed E-state index contributed by atoms with van der Waals surface area (Å²) in [5, 5.41) is 4.36. The Bertz CT molecular complexity index is 485. The lowest BCUT2D eigenvalue weighted by Crippen LogP contribution is -2.16. The number of amides is 2. The highest BCUT2D eigenvalue weighted by Gasteiger charge is 2.31. The number of carbonyl (C=O) groups is 2. The molecule has 1 aromatic rings. The highest BCUT2D eigenvalue weighted by molar-refractivity contribution is 6.29. The van der Waals surface area contributed by atoms with Gasteiger partial charge in [0, 0.05) is 11.4 Å². The zero-order chi connectivity index (χ0) is 15.3. The number of hydrogen-bond donors (Lipinski definition) is 2. The molecule has 0 radical (unpaired) electrons. The Kier molecular flexibility index (Phi) is 5.64. The van der Waals surface area contributed by atoms with Gasteiger partial charge in [-0.05, 0) is 18.2 Å². The third-order valence-electron chi connectivity index (χ3n) is 2.07. The van der Waals surface area contributed by atoms with Crippen LogP contribution in [0.3, 0.4) is 0 Å². The van der Waals surface area contributed by atoms with Crippen molar-refractivity contribution in [3.63, 3.8) is 0 Å². The van der Waals surface area contributed by atoms with Gasteiger partial charge in [0.05, 0.1) is 5.56 Å². The molecule has 4 nitrogen and oxygen atoms in total. The molecule has 0 heterocycles. The van der Waals surface area contributed by atoms with Crippen LogP contribution in [0.5, 0.6) is 0 Å². The maximum atomic E-state index is 12.7. The molecule has 0 aromatic heterocycles. The monoisotopic (exact) mass is 328 g/mol. The van der Waals surface area contributed by atoms with E-state index in [2.05, 4.69) is 10.6 Å². The maximum Gasteiger partial charge on any atom is 0.416 e. The Labute approximate surface area is 122 Å². The lowest BCUT2D eigenvalue weighted by molar-refractivity contribution is -0.137. The van der Waals surface area contributed by atoms with Crippen LogP contribution in [0.25, 0.3) is 0 Å². The van der Waals surface area contributed by atoms with Gasteiger partial charge in [0.15, 0.2) is 0 Å². The van der Waals surface area contributed by atoms with E-state index in [-0.39, 0.29) is 11.4 Å². The molecule has 2 N–H and O–H groups in total. The zero-order valence-corrected chi connectivity index (χ0v) is 11.4. The van der Waals surface area contributed by atoms with Crippen molar-refractivity contribution in [2.24, 2.45) is 0 Å². The number of carbonyl (C=O) groups excluding carboxylic acids is 2. The van der Waals surface area contributed by atoms with E-state index in [4.69, 9.17) is 23.2 Å². The Morgan fingerprint density at radius 3 is 1.65 bits per heavy atom. The molecule has 110 valence electrons. The molecule has 0 fully saturated rings. The van der Waals surface area contributed by atoms with Gasteiger partial charge in [-0.3, -0.25) is 9.59 Å². The van der Waals surface area contributed by atoms with Crippen LogP contribution in [0.1, 0.15) is 5.56 Å². The third kappa shape index (κ3) is 4.90. The molecular weight excluding hydrogens is 320 g/mol. The molecule has 0 unspecified atom stereocenters. The average molecular weight is 329 g/mol. The van der Waals surface area contributed by atoms with Crippen molar-refractivity contribution in [2.45, 2.75) is 6.18 Å². The fourth-order valence-corrected chi connectivity index (χ4v) is 1.46. The predicted octanol–water partition coefficient (Wildman–Crippen LogP) is 3.06. The number of halogens is 5. The van der Waals surface area contributed by atoms with Crippen LogP contribution < -0.4 is 10.6 Å². The number of anilines is 2. The molecule has 2 amide bonds. The lowest BCUT2D eigenvalue weighted by Gasteiger charge is -2.13. The van der Waals surface area contributed by atoms with Gasteiger partial charge in [-0.1, -0.05) is 0 Å². The molecule has 20 heavy (non-hydrogen) atoms. The molecule has 0 spiro atoms. The van der Waals surface area contributed by atoms with Gasteiger partial charge in [-0.15, -0.1) is 23.2 Å². The summed E-state index contributed by atoms with van der Waals surface area (Å²) < 4.78 is 38.1. The van der Waals surface area contributed by atoms with Crippen LogP contribution in [-0.4, -0.2) is 23.6 Å². The topological polar surface area (TPSA) is 58.2 Å². The molecule has 1 aromatic carbocycles. The van der Waals surface area contributed by atoms with Crippen molar-refractivity contribution in [1.82, 2.24) is 0 Å². The van der Waals surface area contributed by atoms with Gasteiger partial charge in [-0.25, -0.2) is 0 Å². The van der Waals surface area contributed by atoms with Gasteiger partial charge < -0.3 is 10.6 Å². The first-order chi connectivity index (χ1) is 9.26. The second-order valence-electron chi connectivity index (χ2n) is 3.66. The van der Waals surface area contributed by atoms with Crippen LogP contribution in [0.15, 0.2) is 18.2 Å². The van der Waals surface area contributed by atoms with Gasteiger partial charge in [0.1, 0.15) is 11.8 Å². The smallest absolute Gasteiger partial charge is 0.325 e. The average Bonchev–Trinajstić information content (AvgIpc) is 2.37. The minimum atomic E-state index is -4.62. The standard InChI is InChI=1S/C11H9Cl2F3N2O2/c12-4-9(19)17-7-1-6(11(14,15)16)2-8(3-7)18-10(20)5-13/h1-3H,4-5H2,(H,17,19)(H,18,20). The SMILES string of the molecule is O=C(CCl)Nc1cc(NC(=O)CCl)cc(C(F)(F)F)c1. The number of benzene rings is 1. The molecule has 0 saturated heterocycles. The minimum absolute atomic E-state index is 0.129. The van der Waals surface area contributed by atoms with Crippen LogP contribution in [0.4, 0.5) is 24.5 Å². The van der Waals surface area contributed by atoms with E-state index >= 15 is 0 Å². The molecule has 0 saturated carbocycles. The van der Waals surface area contributed by atoms with Crippen molar-refractivity contribution < 1.29 is 22.8 Å². The summed E-state index contributed by atoms with van der Waals surface area (Å²) in [7, 11) is 0. The number of alkyl halides is 5. The molecule has 9 heteroatoms. The predicted molar refractivity (Wildman–Crippen MR) is 70.1 cm³/mol. The van der Waals surface area contributed by atoms with Crippen molar-refractivity contribution >= 4 is 46.4 Å². The van der Waals surface area contributed by atoms with Gasteiger partial charge >= 0.3 is 6.18 Å². The summed E-state index contributed by atoms with van der Waals surface area (Å²) in [5.41, 5.74) is -1.28. The van der Waals surface area contributed by atoms with E-state index in [9.17, 15) is 22.8 Å². The molecule has 0 bridgehead atoms. The largest absolute Gasteiger partial charge is 0.416 e. The van der Waals surface area contributed by atoms with Crippen LogP contribution in [0.2, 0.25) is 0 Å². The third-order valence-corrected chi connectivity index (χ3v) is 2.56. The van der Waals surface area contributed by atoms with E-state index in [1.807, 2.05) is 0 Å². The summed E-state index contributed by atoms with van der Waals surface area (Å²) in [5.74, 6) is -2.14. The van der Waals surface area contributed by atoms with E-state index in [1.54, 1.807) is 0 Å². The quantitative estimate of drug-likeness (QED) is 0.834. The van der Waals surface area contributed by atoms with E-state index < -0.39 is 35.3 Å². The fourth-order valence-electron chi connectivity index (χ4n) is 1.32. The maximum absolute atomic E-state index is 12.7. The first-order valence-corrected chi connectivity index (χ1v) is 6.27. The molecule has 0 aliphatic carbocycles. The molecule has 0 atom stereocenters. The second-order valence-corrected chi connectivity index (χ2v) is 4.19. The van der Waals surface area contributed by atoms with Crippen molar-refractivity contribution in [3.05, 3.63) is 23.8 Å². The molecular formula is C11H9Cl2F3N2O2.